The minimum absolute atomic E-state index is 0.0224. The van der Waals surface area contributed by atoms with Crippen molar-refractivity contribution in [2.75, 3.05) is 0 Å². The molecule has 3 aromatic rings. The summed E-state index contributed by atoms with van der Waals surface area (Å²) < 4.78 is 111. The van der Waals surface area contributed by atoms with Gasteiger partial charge >= 0.3 is 16.7 Å². The topological polar surface area (TPSA) is 126 Å². The molecular formula is C17H10F6N4O5S. The van der Waals surface area contributed by atoms with E-state index in [1.807, 2.05) is 0 Å². The van der Waals surface area contributed by atoms with Crippen molar-refractivity contribution in [1.29, 1.82) is 0 Å². The van der Waals surface area contributed by atoms with Crippen molar-refractivity contribution < 1.29 is 48.0 Å². The second-order valence-corrected chi connectivity index (χ2v) is 7.14. The normalized spacial score (nSPS) is 11.9. The number of hydrogen-bond donors (Lipinski definition) is 1. The lowest BCUT2D eigenvalue weighted by Gasteiger charge is -2.13. The molecule has 0 saturated heterocycles. The molecule has 0 aliphatic carbocycles. The fourth-order valence-corrected chi connectivity index (χ4v) is 2.94. The number of ether oxygens (including phenoxy) is 1. The van der Waals surface area contributed by atoms with Gasteiger partial charge in [-0.05, 0) is 24.3 Å². The van der Waals surface area contributed by atoms with Crippen LogP contribution in [0.1, 0.15) is 21.7 Å². The van der Waals surface area contributed by atoms with Gasteiger partial charge in [0.1, 0.15) is 29.7 Å². The number of nitrogens with two attached hydrogens (primary N) is 1. The molecule has 2 aromatic carbocycles. The van der Waals surface area contributed by atoms with Crippen LogP contribution in [0.5, 0.6) is 11.5 Å². The van der Waals surface area contributed by atoms with Gasteiger partial charge < -0.3 is 14.7 Å². The molecule has 0 fully saturated rings. The third-order valence-corrected chi connectivity index (χ3v) is 4.34. The predicted molar refractivity (Wildman–Crippen MR) is 96.2 cm³/mol. The standard InChI is InChI=1S/C17H10F6N4O5S/c18-12-5-8(27-15(17(20,21)22)14(16(24)28)25-26-27)6-13(19)11(12)7-31-9-1-3-10(4-2-9)32-33(23,29)30/h1-6H,7H2,(H2,24,28). The molecule has 0 radical (unpaired) electrons. The Bertz CT molecular complexity index is 1290. The van der Waals surface area contributed by atoms with Gasteiger partial charge in [-0.25, -0.2) is 13.5 Å². The summed E-state index contributed by atoms with van der Waals surface area (Å²) >= 11 is 0. The third-order valence-electron chi connectivity index (χ3n) is 3.95. The van der Waals surface area contributed by atoms with Crippen LogP contribution in [-0.4, -0.2) is 29.3 Å². The summed E-state index contributed by atoms with van der Waals surface area (Å²) in [6.07, 6.45) is -5.17. The van der Waals surface area contributed by atoms with Crippen molar-refractivity contribution in [2.24, 2.45) is 5.73 Å². The first-order valence-corrected chi connectivity index (χ1v) is 9.75. The van der Waals surface area contributed by atoms with Crippen LogP contribution < -0.4 is 14.7 Å². The van der Waals surface area contributed by atoms with Gasteiger partial charge in [-0.2, -0.15) is 21.6 Å². The molecule has 0 bridgehead atoms. The molecule has 0 atom stereocenters. The van der Waals surface area contributed by atoms with E-state index in [1.54, 1.807) is 0 Å². The Morgan fingerprint density at radius 1 is 1.06 bits per heavy atom. The van der Waals surface area contributed by atoms with E-state index < -0.39 is 69.2 Å². The Morgan fingerprint density at radius 2 is 1.61 bits per heavy atom. The van der Waals surface area contributed by atoms with Gasteiger partial charge in [-0.3, -0.25) is 4.79 Å². The maximum atomic E-state index is 14.5. The van der Waals surface area contributed by atoms with Crippen LogP contribution in [0.2, 0.25) is 0 Å². The molecule has 176 valence electrons. The molecule has 1 heterocycles. The third kappa shape index (κ3) is 5.51. The highest BCUT2D eigenvalue weighted by molar-refractivity contribution is 7.81. The Hall–Kier alpha value is -3.82. The number of primary amides is 1. The molecule has 0 aliphatic heterocycles. The molecule has 2 N–H and O–H groups in total. The number of amides is 1. The summed E-state index contributed by atoms with van der Waals surface area (Å²) in [6, 6.07) is 5.26. The van der Waals surface area contributed by atoms with Crippen LogP contribution in [0.4, 0.5) is 25.8 Å². The van der Waals surface area contributed by atoms with Crippen LogP contribution in [0.3, 0.4) is 0 Å². The fraction of sp³-hybridized carbons (Fsp3) is 0.118. The maximum absolute atomic E-state index is 14.5. The molecule has 0 saturated carbocycles. The number of rotatable bonds is 7. The van der Waals surface area contributed by atoms with Crippen molar-refractivity contribution in [3.05, 3.63) is 65.0 Å². The lowest BCUT2D eigenvalue weighted by molar-refractivity contribution is -0.143. The van der Waals surface area contributed by atoms with E-state index >= 15 is 0 Å². The number of benzene rings is 2. The molecule has 3 rings (SSSR count). The molecule has 16 heteroatoms. The van der Waals surface area contributed by atoms with Crippen molar-refractivity contribution in [3.63, 3.8) is 0 Å². The smallest absolute Gasteiger partial charge is 0.488 e. The number of hydrogen-bond acceptors (Lipinski definition) is 7. The van der Waals surface area contributed by atoms with Crippen molar-refractivity contribution in [1.82, 2.24) is 15.0 Å². The summed E-state index contributed by atoms with van der Waals surface area (Å²) in [7, 11) is -5.25. The summed E-state index contributed by atoms with van der Waals surface area (Å²) in [6.45, 7) is -0.727. The molecule has 0 spiro atoms. The van der Waals surface area contributed by atoms with Crippen LogP contribution in [0.15, 0.2) is 36.4 Å². The van der Waals surface area contributed by atoms with Gasteiger partial charge in [0, 0.05) is 12.1 Å². The highest BCUT2D eigenvalue weighted by Gasteiger charge is 2.41. The van der Waals surface area contributed by atoms with Gasteiger partial charge in [0.2, 0.25) is 0 Å². The second-order valence-electron chi connectivity index (χ2n) is 6.18. The monoisotopic (exact) mass is 496 g/mol. The summed E-state index contributed by atoms with van der Waals surface area (Å²) in [5.74, 6) is -4.58. The van der Waals surface area contributed by atoms with Crippen molar-refractivity contribution in [2.45, 2.75) is 12.8 Å². The van der Waals surface area contributed by atoms with Crippen LogP contribution in [-0.2, 0) is 23.3 Å². The Kier molecular flexibility index (Phi) is 6.22. The Morgan fingerprint density at radius 3 is 2.09 bits per heavy atom. The number of halogens is 6. The van der Waals surface area contributed by atoms with E-state index in [-0.39, 0.29) is 10.4 Å². The van der Waals surface area contributed by atoms with Crippen LogP contribution >= 0.6 is 0 Å². The molecule has 33 heavy (non-hydrogen) atoms. The van der Waals surface area contributed by atoms with E-state index in [0.29, 0.717) is 12.1 Å². The zero-order valence-corrected chi connectivity index (χ0v) is 16.6. The maximum Gasteiger partial charge on any atom is 0.488 e. The van der Waals surface area contributed by atoms with E-state index in [0.717, 1.165) is 24.3 Å². The zero-order valence-electron chi connectivity index (χ0n) is 15.8. The number of carbonyl (C=O) groups is 1. The second kappa shape index (κ2) is 8.61. The van der Waals surface area contributed by atoms with E-state index in [1.165, 1.54) is 0 Å². The minimum atomic E-state index is -5.25. The summed E-state index contributed by atoms with van der Waals surface area (Å²) in [5, 5.41) is 6.14. The highest BCUT2D eigenvalue weighted by Crippen LogP contribution is 2.33. The number of nitrogens with zero attached hydrogens (tertiary/aromatic N) is 3. The zero-order chi connectivity index (χ0) is 24.6. The van der Waals surface area contributed by atoms with E-state index in [2.05, 4.69) is 14.5 Å². The molecule has 9 nitrogen and oxygen atoms in total. The van der Waals surface area contributed by atoms with E-state index in [9.17, 15) is 39.1 Å². The van der Waals surface area contributed by atoms with Crippen LogP contribution in [0, 0.1) is 11.6 Å². The first-order valence-electron chi connectivity index (χ1n) is 8.44. The Balaban J connectivity index is 1.85. The molecule has 1 aromatic heterocycles. The summed E-state index contributed by atoms with van der Waals surface area (Å²) in [4.78, 5) is 11.2. The minimum Gasteiger partial charge on any atom is -0.489 e. The SMILES string of the molecule is NC(=O)c1nnn(-c2cc(F)c(COc3ccc(OS(=O)(=O)F)cc3)c(F)c2)c1C(F)(F)F. The Labute approximate surface area is 180 Å². The average molecular weight is 496 g/mol. The van der Waals surface area contributed by atoms with E-state index in [4.69, 9.17) is 10.5 Å². The molecule has 0 unspecified atom stereocenters. The van der Waals surface area contributed by atoms with Gasteiger partial charge in [-0.1, -0.05) is 9.10 Å². The van der Waals surface area contributed by atoms with Crippen molar-refractivity contribution >= 4 is 16.4 Å². The predicted octanol–water partition coefficient (Wildman–Crippen LogP) is 2.84. The van der Waals surface area contributed by atoms with Crippen LogP contribution in [0.25, 0.3) is 5.69 Å². The largest absolute Gasteiger partial charge is 0.489 e. The molecule has 1 amide bonds. The quantitative estimate of drug-likeness (QED) is 0.394. The summed E-state index contributed by atoms with van der Waals surface area (Å²) in [5.41, 5.74) is 0.501. The van der Waals surface area contributed by atoms with Gasteiger partial charge in [0.15, 0.2) is 11.4 Å². The van der Waals surface area contributed by atoms with Crippen molar-refractivity contribution in [3.8, 4) is 17.2 Å². The fourth-order valence-electron chi connectivity index (χ4n) is 2.59. The first-order chi connectivity index (χ1) is 15.3. The molecule has 0 aliphatic rings. The highest BCUT2D eigenvalue weighted by atomic mass is 32.3. The number of aromatic nitrogens is 3. The average Bonchev–Trinajstić information content (AvgIpc) is 3.13. The van der Waals surface area contributed by atoms with Gasteiger partial charge in [0.25, 0.3) is 5.91 Å². The lowest BCUT2D eigenvalue weighted by atomic mass is 10.1. The van der Waals surface area contributed by atoms with Gasteiger partial charge in [0.05, 0.1) is 11.3 Å². The van der Waals surface area contributed by atoms with Gasteiger partial charge in [-0.15, -0.1) is 5.10 Å². The number of carbonyl (C=O) groups excluding carboxylic acids is 1. The first kappa shape index (κ1) is 23.8. The lowest BCUT2D eigenvalue weighted by Crippen LogP contribution is -2.21. The number of alkyl halides is 3. The molecular weight excluding hydrogens is 486 g/mol.